The topological polar surface area (TPSA) is 34.2 Å². The maximum Gasteiger partial charge on any atom is 0.136 e. The van der Waals surface area contributed by atoms with Gasteiger partial charge in [0.2, 0.25) is 0 Å². The fourth-order valence-corrected chi connectivity index (χ4v) is 9.09. The van der Waals surface area contributed by atoms with Crippen molar-refractivity contribution < 1.29 is 4.42 Å². The Morgan fingerprint density at radius 1 is 0.361 bits per heavy atom. The van der Waals surface area contributed by atoms with Gasteiger partial charge in [0.1, 0.15) is 11.2 Å². The van der Waals surface area contributed by atoms with E-state index in [1.807, 2.05) is 30.6 Å². The molecule has 0 aliphatic carbocycles. The molecule has 0 N–H and O–H groups in total. The minimum absolute atomic E-state index is 0.878. The largest absolute Gasteiger partial charge is 0.456 e. The van der Waals surface area contributed by atoms with Gasteiger partial charge in [0.25, 0.3) is 0 Å². The summed E-state index contributed by atoms with van der Waals surface area (Å²) in [4.78, 5) is 6.71. The first-order valence-corrected chi connectivity index (χ1v) is 20.7. The zero-order valence-electron chi connectivity index (χ0n) is 33.1. The van der Waals surface area contributed by atoms with Gasteiger partial charge >= 0.3 is 0 Å². The Bertz CT molecular complexity index is 3590. The van der Waals surface area contributed by atoms with Crippen LogP contribution in [0.15, 0.2) is 229 Å². The van der Waals surface area contributed by atoms with Crippen molar-refractivity contribution >= 4 is 71.6 Å². The highest BCUT2D eigenvalue weighted by Gasteiger charge is 2.19. The van der Waals surface area contributed by atoms with E-state index in [1.165, 1.54) is 27.1 Å². The van der Waals surface area contributed by atoms with Crippen molar-refractivity contribution in [3.63, 3.8) is 0 Å². The molecule has 61 heavy (non-hydrogen) atoms. The molecule has 3 heterocycles. The Labute approximate surface area is 352 Å². The van der Waals surface area contributed by atoms with Crippen LogP contribution >= 0.6 is 0 Å². The minimum Gasteiger partial charge on any atom is -0.456 e. The first-order valence-electron chi connectivity index (χ1n) is 20.7. The molecule has 286 valence electrons. The lowest BCUT2D eigenvalue weighted by Crippen LogP contribution is -2.10. The van der Waals surface area contributed by atoms with E-state index in [0.29, 0.717) is 0 Å². The Morgan fingerprint density at radius 3 is 1.89 bits per heavy atom. The maximum atomic E-state index is 6.43. The van der Waals surface area contributed by atoms with Crippen LogP contribution in [-0.2, 0) is 0 Å². The molecule has 0 aliphatic rings. The summed E-state index contributed by atoms with van der Waals surface area (Å²) in [6.45, 7) is 0. The molecular weight excluding hydrogens is 743 g/mol. The Morgan fingerprint density at radius 2 is 1.05 bits per heavy atom. The van der Waals surface area contributed by atoms with Crippen LogP contribution < -0.4 is 4.90 Å². The van der Waals surface area contributed by atoms with Crippen LogP contribution in [0.3, 0.4) is 0 Å². The molecule has 0 fully saturated rings. The van der Waals surface area contributed by atoms with Gasteiger partial charge in [-0.05, 0) is 141 Å². The Kier molecular flexibility index (Phi) is 8.13. The van der Waals surface area contributed by atoms with E-state index < -0.39 is 0 Å². The molecule has 0 radical (unpaired) electrons. The molecule has 0 atom stereocenters. The summed E-state index contributed by atoms with van der Waals surface area (Å²) in [5, 5.41) is 7.07. The number of aromatic nitrogens is 2. The predicted octanol–water partition coefficient (Wildman–Crippen LogP) is 15.7. The second kappa shape index (κ2) is 14.3. The van der Waals surface area contributed by atoms with E-state index >= 15 is 0 Å². The lowest BCUT2D eigenvalue weighted by atomic mass is 9.95. The van der Waals surface area contributed by atoms with Gasteiger partial charge < -0.3 is 13.9 Å². The van der Waals surface area contributed by atoms with Gasteiger partial charge in [-0.15, -0.1) is 0 Å². The normalized spacial score (nSPS) is 11.6. The molecule has 12 rings (SSSR count). The van der Waals surface area contributed by atoms with Gasteiger partial charge in [0, 0.05) is 56.7 Å². The average Bonchev–Trinajstić information content (AvgIpc) is 3.87. The van der Waals surface area contributed by atoms with E-state index in [9.17, 15) is 0 Å². The van der Waals surface area contributed by atoms with Crippen LogP contribution in [0.5, 0.6) is 0 Å². The summed E-state index contributed by atoms with van der Waals surface area (Å²) < 4.78 is 8.81. The summed E-state index contributed by atoms with van der Waals surface area (Å²) in [6.07, 6.45) is 3.72. The number of para-hydroxylation sites is 3. The summed E-state index contributed by atoms with van der Waals surface area (Å²) in [7, 11) is 0. The van der Waals surface area contributed by atoms with Crippen molar-refractivity contribution in [2.75, 3.05) is 4.90 Å². The summed E-state index contributed by atoms with van der Waals surface area (Å²) in [5.41, 5.74) is 15.2. The van der Waals surface area contributed by atoms with Gasteiger partial charge in [-0.3, -0.25) is 4.98 Å². The van der Waals surface area contributed by atoms with Crippen molar-refractivity contribution in [3.05, 3.63) is 225 Å². The molecule has 4 nitrogen and oxygen atoms in total. The molecule has 0 saturated heterocycles. The smallest absolute Gasteiger partial charge is 0.136 e. The highest BCUT2D eigenvalue weighted by Crippen LogP contribution is 2.43. The fraction of sp³-hybridized carbons (Fsp3) is 0. The lowest BCUT2D eigenvalue weighted by molar-refractivity contribution is 0.669. The summed E-state index contributed by atoms with van der Waals surface area (Å²) >= 11 is 0. The molecule has 3 aromatic heterocycles. The second-order valence-corrected chi connectivity index (χ2v) is 15.7. The molecule has 4 heteroatoms. The van der Waals surface area contributed by atoms with Crippen molar-refractivity contribution in [2.45, 2.75) is 0 Å². The van der Waals surface area contributed by atoms with E-state index in [1.54, 1.807) is 0 Å². The van der Waals surface area contributed by atoms with Crippen molar-refractivity contribution in [2.24, 2.45) is 0 Å². The Balaban J connectivity index is 1.06. The molecule has 0 bridgehead atoms. The molecule has 9 aromatic carbocycles. The molecule has 0 unspecified atom stereocenters. The van der Waals surface area contributed by atoms with E-state index in [4.69, 9.17) is 4.42 Å². The molecule has 0 amide bonds. The van der Waals surface area contributed by atoms with Crippen LogP contribution in [-0.4, -0.2) is 9.55 Å². The quantitative estimate of drug-likeness (QED) is 0.162. The summed E-state index contributed by atoms with van der Waals surface area (Å²) in [6, 6.07) is 76.4. The number of hydrogen-bond acceptors (Lipinski definition) is 3. The molecular formula is C57H37N3O. The van der Waals surface area contributed by atoms with Crippen LogP contribution in [0.4, 0.5) is 17.1 Å². The monoisotopic (exact) mass is 779 g/mol. The van der Waals surface area contributed by atoms with Gasteiger partial charge in [0.15, 0.2) is 0 Å². The third kappa shape index (κ3) is 6.04. The number of nitrogens with zero attached hydrogens (tertiary/aromatic N) is 3. The average molecular weight is 780 g/mol. The van der Waals surface area contributed by atoms with Crippen LogP contribution in [0.25, 0.3) is 93.6 Å². The van der Waals surface area contributed by atoms with Crippen LogP contribution in [0, 0.1) is 0 Å². The number of fused-ring (bicyclic) bond motifs is 7. The first-order chi connectivity index (χ1) is 30.2. The summed E-state index contributed by atoms with van der Waals surface area (Å²) in [5.74, 6) is 0. The molecule has 0 spiro atoms. The standard InChI is InChI=1S/C57H37N3O/c1-2-14-46(15-3-1)59(48-27-22-38-11-4-5-12-40(38)32-48)49-33-44(31-45(34-49)42-23-28-52-51-17-7-9-19-56(51)61-57(52)36-42)41-24-29-55-53(35-41)50-16-6-8-18-54(50)60(55)47-25-20-39(21-26-47)43-13-10-30-58-37-43/h1-37H. The van der Waals surface area contributed by atoms with E-state index in [-0.39, 0.29) is 0 Å². The van der Waals surface area contributed by atoms with Crippen molar-refractivity contribution in [1.82, 2.24) is 9.55 Å². The maximum absolute atomic E-state index is 6.43. The van der Waals surface area contributed by atoms with Crippen molar-refractivity contribution in [1.29, 1.82) is 0 Å². The van der Waals surface area contributed by atoms with Crippen molar-refractivity contribution in [3.8, 4) is 39.1 Å². The zero-order valence-corrected chi connectivity index (χ0v) is 33.1. The first kappa shape index (κ1) is 34.8. The third-order valence-corrected chi connectivity index (χ3v) is 12.0. The van der Waals surface area contributed by atoms with E-state index in [2.05, 4.69) is 209 Å². The van der Waals surface area contributed by atoms with Gasteiger partial charge in [0.05, 0.1) is 11.0 Å². The van der Waals surface area contributed by atoms with Gasteiger partial charge in [-0.1, -0.05) is 115 Å². The van der Waals surface area contributed by atoms with Crippen LogP contribution in [0.2, 0.25) is 0 Å². The minimum atomic E-state index is 0.878. The number of rotatable bonds is 7. The SMILES string of the molecule is c1ccc(N(c2cc(-c3ccc4c(c3)oc3ccccc34)cc(-c3ccc4c(c3)c3ccccc3n4-c3ccc(-c4cccnc4)cc3)c2)c2ccc3ccccc3c2)cc1. The number of pyridine rings is 1. The highest BCUT2D eigenvalue weighted by molar-refractivity contribution is 6.11. The number of hydrogen-bond donors (Lipinski definition) is 0. The number of benzene rings is 9. The lowest BCUT2D eigenvalue weighted by Gasteiger charge is -2.27. The highest BCUT2D eigenvalue weighted by atomic mass is 16.3. The zero-order chi connectivity index (χ0) is 40.3. The fourth-order valence-electron chi connectivity index (χ4n) is 9.09. The molecule has 0 aliphatic heterocycles. The van der Waals surface area contributed by atoms with Gasteiger partial charge in [-0.25, -0.2) is 0 Å². The third-order valence-electron chi connectivity index (χ3n) is 12.0. The Hall–Kier alpha value is -8.21. The predicted molar refractivity (Wildman–Crippen MR) is 254 cm³/mol. The van der Waals surface area contributed by atoms with Crippen LogP contribution in [0.1, 0.15) is 0 Å². The second-order valence-electron chi connectivity index (χ2n) is 15.7. The number of furan rings is 1. The molecule has 0 saturated carbocycles. The molecule has 12 aromatic rings. The van der Waals surface area contributed by atoms with E-state index in [0.717, 1.165) is 83.6 Å². The van der Waals surface area contributed by atoms with Gasteiger partial charge in [-0.2, -0.15) is 0 Å². The number of anilines is 3.